The second-order valence-electron chi connectivity index (χ2n) is 7.08. The van der Waals surface area contributed by atoms with Gasteiger partial charge in [0.15, 0.2) is 4.34 Å². The number of nitrogens with one attached hydrogen (secondary N) is 1. The molecule has 1 fully saturated rings. The number of benzene rings is 1. The van der Waals surface area contributed by atoms with Crippen molar-refractivity contribution in [2.45, 2.75) is 18.2 Å². The molecular weight excluding hydrogens is 412 g/mol. The van der Waals surface area contributed by atoms with Crippen LogP contribution in [-0.2, 0) is 4.79 Å². The first-order valence-corrected chi connectivity index (χ1v) is 11.2. The number of non-ortho nitro benzene ring substituents is 1. The smallest absolute Gasteiger partial charge is 0.269 e. The maximum Gasteiger partial charge on any atom is 0.269 e. The van der Waals surface area contributed by atoms with Crippen LogP contribution in [0.4, 0.5) is 16.5 Å². The average Bonchev–Trinajstić information content (AvgIpc) is 3.18. The summed E-state index contributed by atoms with van der Waals surface area (Å²) in [4.78, 5) is 26.9. The molecule has 1 aromatic carbocycles. The van der Waals surface area contributed by atoms with E-state index in [1.54, 1.807) is 12.1 Å². The Morgan fingerprint density at radius 2 is 1.93 bits per heavy atom. The van der Waals surface area contributed by atoms with Crippen molar-refractivity contribution in [2.24, 2.45) is 5.92 Å². The maximum atomic E-state index is 12.5. The van der Waals surface area contributed by atoms with Crippen molar-refractivity contribution >= 4 is 45.5 Å². The van der Waals surface area contributed by atoms with Gasteiger partial charge >= 0.3 is 0 Å². The van der Waals surface area contributed by atoms with E-state index in [1.165, 1.54) is 35.2 Å². The molecule has 2 aromatic rings. The van der Waals surface area contributed by atoms with Crippen LogP contribution in [0.15, 0.2) is 28.6 Å². The number of anilines is 2. The van der Waals surface area contributed by atoms with Gasteiger partial charge in [-0.3, -0.25) is 14.9 Å². The molecule has 1 aliphatic heterocycles. The Balaban J connectivity index is 1.43. The normalized spacial score (nSPS) is 14.3. The van der Waals surface area contributed by atoms with Gasteiger partial charge in [0, 0.05) is 50.5 Å². The summed E-state index contributed by atoms with van der Waals surface area (Å²) in [5, 5.41) is 23.0. The summed E-state index contributed by atoms with van der Waals surface area (Å²) in [6.07, 6.45) is 0. The van der Waals surface area contributed by atoms with Crippen molar-refractivity contribution in [1.82, 2.24) is 15.1 Å². The summed E-state index contributed by atoms with van der Waals surface area (Å²) in [6, 6.07) is 6.53. The zero-order valence-electron chi connectivity index (χ0n) is 16.4. The predicted octanol–water partition coefficient (Wildman–Crippen LogP) is 2.96. The molecule has 2 heterocycles. The van der Waals surface area contributed by atoms with Gasteiger partial charge in [0.25, 0.3) is 5.69 Å². The Bertz CT molecular complexity index is 834. The summed E-state index contributed by atoms with van der Waals surface area (Å²) in [5.74, 6) is 0.961. The summed E-state index contributed by atoms with van der Waals surface area (Å²) >= 11 is 2.88. The number of piperazine rings is 1. The van der Waals surface area contributed by atoms with Crippen LogP contribution in [-0.4, -0.2) is 64.4 Å². The molecule has 0 radical (unpaired) electrons. The van der Waals surface area contributed by atoms with Crippen LogP contribution in [0.3, 0.4) is 0 Å². The number of aromatic nitrogens is 2. The van der Waals surface area contributed by atoms with Gasteiger partial charge in [-0.05, 0) is 18.1 Å². The molecule has 156 valence electrons. The Kier molecular flexibility index (Phi) is 7.26. The zero-order chi connectivity index (χ0) is 20.8. The van der Waals surface area contributed by atoms with Gasteiger partial charge < -0.3 is 15.1 Å². The SMILES string of the molecule is CC(C)CNc1nnc(SCC(=O)N2CCN(c3ccc([N+](=O)[O-])cc3)CC2)s1. The van der Waals surface area contributed by atoms with Crippen LogP contribution in [0.5, 0.6) is 0 Å². The second-order valence-corrected chi connectivity index (χ2v) is 9.28. The molecule has 1 aromatic heterocycles. The molecule has 0 bridgehead atoms. The topological polar surface area (TPSA) is 104 Å². The number of rotatable bonds is 8. The van der Waals surface area contributed by atoms with Gasteiger partial charge in [-0.2, -0.15) is 0 Å². The molecule has 3 rings (SSSR count). The molecule has 1 N–H and O–H groups in total. The quantitative estimate of drug-likeness (QED) is 0.383. The van der Waals surface area contributed by atoms with E-state index in [2.05, 4.69) is 34.3 Å². The highest BCUT2D eigenvalue weighted by Gasteiger charge is 2.22. The number of hydrogen-bond acceptors (Lipinski definition) is 9. The molecule has 0 unspecified atom stereocenters. The van der Waals surface area contributed by atoms with Gasteiger partial charge in [0.1, 0.15) is 0 Å². The lowest BCUT2D eigenvalue weighted by Crippen LogP contribution is -2.49. The third-order valence-electron chi connectivity index (χ3n) is 4.45. The molecule has 9 nitrogen and oxygen atoms in total. The highest BCUT2D eigenvalue weighted by atomic mass is 32.2. The minimum Gasteiger partial charge on any atom is -0.368 e. The number of carbonyl (C=O) groups is 1. The van der Waals surface area contributed by atoms with Crippen molar-refractivity contribution < 1.29 is 9.72 Å². The lowest BCUT2D eigenvalue weighted by Gasteiger charge is -2.36. The summed E-state index contributed by atoms with van der Waals surface area (Å²) in [7, 11) is 0. The van der Waals surface area contributed by atoms with Gasteiger partial charge in [0.2, 0.25) is 11.0 Å². The van der Waals surface area contributed by atoms with E-state index in [1.807, 2.05) is 4.90 Å². The van der Waals surface area contributed by atoms with Crippen LogP contribution in [0.2, 0.25) is 0 Å². The standard InChI is InChI=1S/C18H24N6O3S2/c1-13(2)11-19-17-20-21-18(29-17)28-12-16(25)23-9-7-22(8-10-23)14-3-5-15(6-4-14)24(26)27/h3-6,13H,7-12H2,1-2H3,(H,19,20). The van der Waals surface area contributed by atoms with E-state index >= 15 is 0 Å². The van der Waals surface area contributed by atoms with E-state index in [9.17, 15) is 14.9 Å². The van der Waals surface area contributed by atoms with Gasteiger partial charge in [-0.15, -0.1) is 10.2 Å². The molecule has 11 heteroatoms. The average molecular weight is 437 g/mol. The fourth-order valence-electron chi connectivity index (χ4n) is 2.84. The highest BCUT2D eigenvalue weighted by Crippen LogP contribution is 2.26. The Hall–Kier alpha value is -2.40. The molecule has 29 heavy (non-hydrogen) atoms. The first-order valence-electron chi connectivity index (χ1n) is 9.39. The molecule has 0 aliphatic carbocycles. The highest BCUT2D eigenvalue weighted by molar-refractivity contribution is 8.01. The van der Waals surface area contributed by atoms with Gasteiger partial charge in [0.05, 0.1) is 10.7 Å². The van der Waals surface area contributed by atoms with Crippen molar-refractivity contribution in [1.29, 1.82) is 0 Å². The molecular formula is C18H24N6O3S2. The van der Waals surface area contributed by atoms with Crippen LogP contribution < -0.4 is 10.2 Å². The lowest BCUT2D eigenvalue weighted by molar-refractivity contribution is -0.384. The van der Waals surface area contributed by atoms with Crippen molar-refractivity contribution in [3.63, 3.8) is 0 Å². The van der Waals surface area contributed by atoms with E-state index in [0.717, 1.165) is 21.7 Å². The summed E-state index contributed by atoms with van der Waals surface area (Å²) in [5.41, 5.74) is 1.02. The first kappa shape index (κ1) is 21.3. The monoisotopic (exact) mass is 436 g/mol. The Labute approximate surface area is 177 Å². The second kappa shape index (κ2) is 9.88. The summed E-state index contributed by atoms with van der Waals surface area (Å²) < 4.78 is 0.786. The van der Waals surface area contributed by atoms with E-state index in [-0.39, 0.29) is 11.6 Å². The Morgan fingerprint density at radius 3 is 2.55 bits per heavy atom. The van der Waals surface area contributed by atoms with Crippen molar-refractivity contribution in [3.05, 3.63) is 34.4 Å². The third kappa shape index (κ3) is 6.04. The maximum absolute atomic E-state index is 12.5. The minimum atomic E-state index is -0.403. The molecule has 0 atom stereocenters. The van der Waals surface area contributed by atoms with Crippen LogP contribution in [0.25, 0.3) is 0 Å². The largest absolute Gasteiger partial charge is 0.368 e. The van der Waals surface area contributed by atoms with Crippen molar-refractivity contribution in [2.75, 3.05) is 48.7 Å². The molecule has 0 saturated carbocycles. The zero-order valence-corrected chi connectivity index (χ0v) is 18.0. The molecule has 1 aliphatic rings. The third-order valence-corrected chi connectivity index (χ3v) is 6.44. The van der Waals surface area contributed by atoms with Gasteiger partial charge in [-0.25, -0.2) is 0 Å². The Morgan fingerprint density at radius 1 is 1.24 bits per heavy atom. The number of nitro groups is 1. The minimum absolute atomic E-state index is 0.0822. The number of thioether (sulfide) groups is 1. The van der Waals surface area contributed by atoms with E-state index < -0.39 is 4.92 Å². The predicted molar refractivity (Wildman–Crippen MR) is 116 cm³/mol. The number of carbonyl (C=O) groups excluding carboxylic acids is 1. The van der Waals surface area contributed by atoms with Crippen LogP contribution in [0.1, 0.15) is 13.8 Å². The summed E-state index contributed by atoms with van der Waals surface area (Å²) in [6.45, 7) is 7.78. The van der Waals surface area contributed by atoms with E-state index in [4.69, 9.17) is 0 Å². The van der Waals surface area contributed by atoms with Crippen LogP contribution in [0, 0.1) is 16.0 Å². The van der Waals surface area contributed by atoms with Crippen molar-refractivity contribution in [3.8, 4) is 0 Å². The number of nitro benzene ring substituents is 1. The molecule has 0 spiro atoms. The fourth-order valence-corrected chi connectivity index (χ4v) is 4.51. The fraction of sp³-hybridized carbons (Fsp3) is 0.500. The number of amides is 1. The van der Waals surface area contributed by atoms with Gasteiger partial charge in [-0.1, -0.05) is 36.9 Å². The first-order chi connectivity index (χ1) is 13.9. The molecule has 1 amide bonds. The lowest BCUT2D eigenvalue weighted by atomic mass is 10.2. The van der Waals surface area contributed by atoms with Crippen LogP contribution >= 0.6 is 23.1 Å². The number of hydrogen-bond donors (Lipinski definition) is 1. The molecule has 1 saturated heterocycles. The van der Waals surface area contributed by atoms with E-state index in [0.29, 0.717) is 37.8 Å². The number of nitrogens with zero attached hydrogens (tertiary/aromatic N) is 5.